The number of hydrogen-bond acceptors (Lipinski definition) is 5. The number of rotatable bonds is 6. The topological polar surface area (TPSA) is 57.7 Å². The molecule has 8 heteroatoms. The first kappa shape index (κ1) is 18.0. The predicted molar refractivity (Wildman–Crippen MR) is 94.6 cm³/mol. The second kappa shape index (κ2) is 8.52. The van der Waals surface area contributed by atoms with Crippen molar-refractivity contribution in [3.8, 4) is 16.9 Å². The number of carbonyl (C=O) groups excluding carboxylic acids is 1. The van der Waals surface area contributed by atoms with Crippen molar-refractivity contribution in [2.24, 2.45) is 0 Å². The highest BCUT2D eigenvalue weighted by Gasteiger charge is 2.21. The van der Waals surface area contributed by atoms with Gasteiger partial charge in [0.25, 0.3) is 0 Å². The molecule has 1 unspecified atom stereocenters. The van der Waals surface area contributed by atoms with Crippen LogP contribution in [-0.4, -0.2) is 25.2 Å². The van der Waals surface area contributed by atoms with Gasteiger partial charge in [0, 0.05) is 11.8 Å². The molecular weight excluding hydrogens is 435 g/mol. The van der Waals surface area contributed by atoms with E-state index in [2.05, 4.69) is 27.0 Å². The number of pyridine rings is 1. The zero-order chi connectivity index (χ0) is 16.8. The molecule has 5 nitrogen and oxygen atoms in total. The summed E-state index contributed by atoms with van der Waals surface area (Å²) in [6.07, 6.45) is 1.36. The fourth-order valence-electron chi connectivity index (χ4n) is 2.09. The van der Waals surface area contributed by atoms with Crippen LogP contribution < -0.4 is 4.74 Å². The Bertz CT molecular complexity index is 714. The van der Waals surface area contributed by atoms with E-state index in [1.165, 1.54) is 32.5 Å². The Kier molecular flexibility index (Phi) is 6.68. The molecule has 23 heavy (non-hydrogen) atoms. The number of aromatic nitrogens is 1. The van der Waals surface area contributed by atoms with Crippen LogP contribution in [0, 0.1) is 5.82 Å². The van der Waals surface area contributed by atoms with Gasteiger partial charge in [-0.3, -0.25) is 4.98 Å². The molecular formula is C15H14FINO4P. The maximum absolute atomic E-state index is 14.4. The van der Waals surface area contributed by atoms with Gasteiger partial charge in [-0.1, -0.05) is 6.07 Å². The first-order valence-electron chi connectivity index (χ1n) is 6.50. The van der Waals surface area contributed by atoms with Gasteiger partial charge in [-0.05, 0) is 40.2 Å². The molecule has 0 aliphatic rings. The molecule has 1 aromatic heterocycles. The van der Waals surface area contributed by atoms with E-state index in [9.17, 15) is 9.18 Å². The first-order valence-corrected chi connectivity index (χ1v) is 10.5. The molecule has 0 fully saturated rings. The Morgan fingerprint density at radius 1 is 1.39 bits per heavy atom. The minimum absolute atomic E-state index is 0.163. The molecule has 0 saturated carbocycles. The van der Waals surface area contributed by atoms with E-state index in [0.29, 0.717) is 17.0 Å². The predicted octanol–water partition coefficient (Wildman–Crippen LogP) is 4.14. The minimum atomic E-state index is -0.596. The van der Waals surface area contributed by atoms with Gasteiger partial charge in [0.05, 0.1) is 44.1 Å². The third-order valence-electron chi connectivity index (χ3n) is 3.11. The van der Waals surface area contributed by atoms with E-state index in [0.717, 1.165) is 0 Å². The monoisotopic (exact) mass is 449 g/mol. The highest BCUT2D eigenvalue weighted by molar-refractivity contribution is 14.2. The van der Waals surface area contributed by atoms with Crippen LogP contribution >= 0.6 is 28.5 Å². The number of carbonyl (C=O) groups is 1. The van der Waals surface area contributed by atoms with Crippen LogP contribution in [0.4, 0.5) is 4.39 Å². The number of methoxy groups -OCH3 is 2. The summed E-state index contributed by atoms with van der Waals surface area (Å²) in [5.41, 5.74) is 1.30. The normalized spacial score (nSPS) is 11.0. The lowest BCUT2D eigenvalue weighted by atomic mass is 9.99. The molecule has 1 heterocycles. The van der Waals surface area contributed by atoms with Gasteiger partial charge >= 0.3 is 5.97 Å². The Balaban J connectivity index is 2.64. The fraction of sp³-hybridized carbons (Fsp3) is 0.200. The van der Waals surface area contributed by atoms with Crippen LogP contribution in [0.15, 0.2) is 30.5 Å². The molecule has 0 bridgehead atoms. The number of esters is 1. The van der Waals surface area contributed by atoms with Crippen LogP contribution in [0.3, 0.4) is 0 Å². The Morgan fingerprint density at radius 2 is 2.17 bits per heavy atom. The Labute approximate surface area is 147 Å². The summed E-state index contributed by atoms with van der Waals surface area (Å²) in [4.78, 5) is 16.2. The van der Waals surface area contributed by atoms with Crippen molar-refractivity contribution >= 4 is 34.5 Å². The maximum atomic E-state index is 14.4. The lowest BCUT2D eigenvalue weighted by molar-refractivity contribution is 0.0601. The van der Waals surface area contributed by atoms with E-state index in [4.69, 9.17) is 14.0 Å². The molecule has 2 rings (SSSR count). The number of halogens is 2. The number of ether oxygens (including phenoxy) is 2. The smallest absolute Gasteiger partial charge is 0.340 e. The van der Waals surface area contributed by atoms with Crippen molar-refractivity contribution in [3.63, 3.8) is 0 Å². The molecule has 1 atom stereocenters. The number of hydrogen-bond donors (Lipinski definition) is 0. The molecule has 2 aromatic rings. The summed E-state index contributed by atoms with van der Waals surface area (Å²) in [5.74, 6) is -0.770. The average molecular weight is 449 g/mol. The quantitative estimate of drug-likeness (QED) is 0.377. The van der Waals surface area contributed by atoms with E-state index in [1.807, 2.05) is 0 Å². The van der Waals surface area contributed by atoms with Gasteiger partial charge in [-0.15, -0.1) is 0 Å². The van der Waals surface area contributed by atoms with E-state index < -0.39 is 11.8 Å². The summed E-state index contributed by atoms with van der Waals surface area (Å²) < 4.78 is 29.7. The minimum Gasteiger partial charge on any atom is -0.496 e. The van der Waals surface area contributed by atoms with E-state index >= 15 is 0 Å². The largest absolute Gasteiger partial charge is 0.496 e. The standard InChI is InChI=1S/C15H14FINO4P/c1-20-13-5-3-4-12(16)14(13)10-6-9(8-22-23-17)18-7-11(10)15(19)21-2/h3-7,23H,8H2,1-2H3. The van der Waals surface area contributed by atoms with Crippen molar-refractivity contribution in [1.82, 2.24) is 4.98 Å². The van der Waals surface area contributed by atoms with Crippen molar-refractivity contribution in [2.75, 3.05) is 14.2 Å². The third-order valence-corrected chi connectivity index (χ3v) is 4.29. The molecule has 0 radical (unpaired) electrons. The van der Waals surface area contributed by atoms with Gasteiger partial charge in [0.1, 0.15) is 11.6 Å². The van der Waals surface area contributed by atoms with Gasteiger partial charge in [-0.2, -0.15) is 0 Å². The highest BCUT2D eigenvalue weighted by Crippen LogP contribution is 2.35. The van der Waals surface area contributed by atoms with Gasteiger partial charge in [0.15, 0.2) is 0 Å². The molecule has 0 amide bonds. The average Bonchev–Trinajstić information content (AvgIpc) is 2.58. The lowest BCUT2D eigenvalue weighted by Gasteiger charge is -2.14. The SMILES string of the molecule is COC(=O)c1cnc(COPI)cc1-c1c(F)cccc1OC. The molecule has 0 aliphatic heterocycles. The zero-order valence-electron chi connectivity index (χ0n) is 12.4. The summed E-state index contributed by atoms with van der Waals surface area (Å²) in [5, 5.41) is 0. The Hall–Kier alpha value is -1.31. The lowest BCUT2D eigenvalue weighted by Crippen LogP contribution is -2.07. The zero-order valence-corrected chi connectivity index (χ0v) is 15.6. The van der Waals surface area contributed by atoms with E-state index in [-0.39, 0.29) is 24.2 Å². The highest BCUT2D eigenvalue weighted by atomic mass is 127. The van der Waals surface area contributed by atoms with Crippen molar-refractivity contribution < 1.29 is 23.2 Å². The van der Waals surface area contributed by atoms with Crippen molar-refractivity contribution in [3.05, 3.63) is 47.5 Å². The Morgan fingerprint density at radius 3 is 2.83 bits per heavy atom. The first-order chi connectivity index (χ1) is 11.1. The van der Waals surface area contributed by atoms with Gasteiger partial charge < -0.3 is 14.0 Å². The van der Waals surface area contributed by atoms with Gasteiger partial charge in [0.2, 0.25) is 0 Å². The second-order valence-corrected chi connectivity index (χ2v) is 6.16. The third kappa shape index (κ3) is 4.16. The van der Waals surface area contributed by atoms with Crippen molar-refractivity contribution in [1.29, 1.82) is 0 Å². The van der Waals surface area contributed by atoms with Gasteiger partial charge in [-0.25, -0.2) is 9.18 Å². The van der Waals surface area contributed by atoms with Crippen LogP contribution in [-0.2, 0) is 15.9 Å². The number of benzene rings is 1. The van der Waals surface area contributed by atoms with Crippen LogP contribution in [0.2, 0.25) is 0 Å². The summed E-state index contributed by atoms with van der Waals surface area (Å²) in [6.45, 7) is 0.545. The van der Waals surface area contributed by atoms with Crippen LogP contribution in [0.1, 0.15) is 16.1 Å². The summed E-state index contributed by atoms with van der Waals surface area (Å²) in [7, 11) is 2.71. The molecule has 0 N–H and O–H groups in total. The summed E-state index contributed by atoms with van der Waals surface area (Å²) in [6, 6.07) is 6.09. The summed E-state index contributed by atoms with van der Waals surface area (Å²) >= 11 is 2.10. The second-order valence-electron chi connectivity index (χ2n) is 4.40. The van der Waals surface area contributed by atoms with Crippen molar-refractivity contribution in [2.45, 2.75) is 6.61 Å². The van der Waals surface area contributed by atoms with E-state index in [1.54, 1.807) is 12.1 Å². The molecule has 0 saturated heterocycles. The molecule has 1 aromatic carbocycles. The molecule has 122 valence electrons. The molecule has 0 aliphatic carbocycles. The maximum Gasteiger partial charge on any atom is 0.340 e. The van der Waals surface area contributed by atoms with Crippen LogP contribution in [0.25, 0.3) is 11.1 Å². The molecule has 0 spiro atoms. The van der Waals surface area contributed by atoms with Crippen LogP contribution in [0.5, 0.6) is 5.75 Å². The number of nitrogens with zero attached hydrogens (tertiary/aromatic N) is 1. The fourth-order valence-corrected chi connectivity index (χ4v) is 2.76.